The highest BCUT2D eigenvalue weighted by Gasteiger charge is 2.14. The fourth-order valence-corrected chi connectivity index (χ4v) is 4.56. The van der Waals surface area contributed by atoms with Crippen molar-refractivity contribution in [1.82, 2.24) is 4.57 Å². The number of hydrogen-bond acceptors (Lipinski definition) is 5. The summed E-state index contributed by atoms with van der Waals surface area (Å²) in [6.07, 6.45) is 0.0903. The molecule has 0 saturated heterocycles. The minimum Gasteiger partial charge on any atom is -0.466 e. The van der Waals surface area contributed by atoms with Crippen LogP contribution in [0.1, 0.15) is 34.1 Å². The molecule has 3 aromatic carbocycles. The Kier molecular flexibility index (Phi) is 7.66. The van der Waals surface area contributed by atoms with Gasteiger partial charge >= 0.3 is 5.97 Å². The summed E-state index contributed by atoms with van der Waals surface area (Å²) in [6, 6.07) is 26.5. The van der Waals surface area contributed by atoms with E-state index in [0.29, 0.717) is 29.1 Å². The normalized spacial score (nSPS) is 11.1. The summed E-state index contributed by atoms with van der Waals surface area (Å²) < 4.78 is 7.00. The second-order valence-corrected chi connectivity index (χ2v) is 8.55. The number of aromatic nitrogens is 1. The zero-order chi connectivity index (χ0) is 24.6. The Balaban J connectivity index is 1.67. The van der Waals surface area contributed by atoms with Crippen LogP contribution in [0.5, 0.6) is 0 Å². The van der Waals surface area contributed by atoms with E-state index in [4.69, 9.17) is 4.74 Å². The van der Waals surface area contributed by atoms with E-state index in [1.54, 1.807) is 37.3 Å². The van der Waals surface area contributed by atoms with Gasteiger partial charge in [-0.2, -0.15) is 10.3 Å². The number of carbonyl (C=O) groups is 2. The van der Waals surface area contributed by atoms with Crippen LogP contribution < -0.4 is 4.80 Å². The second-order valence-electron chi connectivity index (χ2n) is 7.71. The maximum Gasteiger partial charge on any atom is 0.311 e. The molecule has 1 amide bonds. The molecule has 0 aliphatic rings. The Hall–Kier alpha value is -4.28. The van der Waals surface area contributed by atoms with Crippen molar-refractivity contribution < 1.29 is 14.3 Å². The van der Waals surface area contributed by atoms with E-state index in [2.05, 4.69) is 11.1 Å². The van der Waals surface area contributed by atoms with Crippen LogP contribution in [0.2, 0.25) is 0 Å². The minimum atomic E-state index is -0.340. The molecular formula is C28H23N3O3S. The van der Waals surface area contributed by atoms with Gasteiger partial charge in [-0.1, -0.05) is 60.7 Å². The number of thiazole rings is 1. The van der Waals surface area contributed by atoms with Gasteiger partial charge in [-0.3, -0.25) is 9.59 Å². The van der Waals surface area contributed by atoms with Gasteiger partial charge in [0, 0.05) is 16.6 Å². The molecule has 0 saturated carbocycles. The quantitative estimate of drug-likeness (QED) is 0.348. The van der Waals surface area contributed by atoms with Crippen molar-refractivity contribution in [2.75, 3.05) is 6.61 Å². The molecule has 0 atom stereocenters. The Labute approximate surface area is 207 Å². The zero-order valence-electron chi connectivity index (χ0n) is 19.2. The molecule has 35 heavy (non-hydrogen) atoms. The first-order valence-corrected chi connectivity index (χ1v) is 12.0. The molecule has 0 fully saturated rings. The van der Waals surface area contributed by atoms with Crippen molar-refractivity contribution in [1.29, 1.82) is 5.26 Å². The van der Waals surface area contributed by atoms with Crippen LogP contribution in [0.25, 0.3) is 11.1 Å². The van der Waals surface area contributed by atoms with Crippen molar-refractivity contribution in [3.05, 3.63) is 111 Å². The summed E-state index contributed by atoms with van der Waals surface area (Å²) in [5.74, 6) is -0.671. The van der Waals surface area contributed by atoms with Crippen LogP contribution in [-0.4, -0.2) is 23.1 Å². The fraction of sp³-hybridized carbons (Fsp3) is 0.143. The van der Waals surface area contributed by atoms with E-state index in [9.17, 15) is 14.9 Å². The van der Waals surface area contributed by atoms with Crippen molar-refractivity contribution in [2.45, 2.75) is 19.9 Å². The smallest absolute Gasteiger partial charge is 0.311 e. The molecule has 174 valence electrons. The molecule has 1 heterocycles. The van der Waals surface area contributed by atoms with Gasteiger partial charge in [0.25, 0.3) is 5.91 Å². The monoisotopic (exact) mass is 481 g/mol. The SMILES string of the molecule is CCOC(=O)Cc1csc(=NC(=O)c2ccccc2)n1Cc1ccc(-c2ccccc2C#N)cc1. The fourth-order valence-electron chi connectivity index (χ4n) is 3.66. The van der Waals surface area contributed by atoms with Crippen LogP contribution >= 0.6 is 11.3 Å². The molecule has 0 N–H and O–H groups in total. The number of esters is 1. The number of hydrogen-bond donors (Lipinski definition) is 0. The van der Waals surface area contributed by atoms with Crippen LogP contribution in [0, 0.1) is 11.3 Å². The number of carbonyl (C=O) groups excluding carboxylic acids is 2. The predicted molar refractivity (Wildman–Crippen MR) is 135 cm³/mol. The van der Waals surface area contributed by atoms with Gasteiger partial charge in [-0.25, -0.2) is 0 Å². The molecule has 6 nitrogen and oxygen atoms in total. The van der Waals surface area contributed by atoms with Crippen molar-refractivity contribution >= 4 is 23.2 Å². The molecule has 0 unspecified atom stereocenters. The molecule has 0 aliphatic carbocycles. The largest absolute Gasteiger partial charge is 0.466 e. The van der Waals surface area contributed by atoms with E-state index in [-0.39, 0.29) is 18.3 Å². The number of amides is 1. The second kappa shape index (κ2) is 11.2. The first-order valence-electron chi connectivity index (χ1n) is 11.1. The first-order chi connectivity index (χ1) is 17.1. The predicted octanol–water partition coefficient (Wildman–Crippen LogP) is 4.98. The van der Waals surface area contributed by atoms with Crippen molar-refractivity contribution in [2.24, 2.45) is 4.99 Å². The number of nitriles is 1. The van der Waals surface area contributed by atoms with Gasteiger partial charge < -0.3 is 9.30 Å². The Morgan fingerprint density at radius 1 is 1.00 bits per heavy atom. The van der Waals surface area contributed by atoms with Gasteiger partial charge in [-0.05, 0) is 41.8 Å². The lowest BCUT2D eigenvalue weighted by Crippen LogP contribution is -2.22. The summed E-state index contributed by atoms with van der Waals surface area (Å²) in [5.41, 5.74) is 4.63. The number of rotatable bonds is 7. The van der Waals surface area contributed by atoms with Gasteiger partial charge in [0.15, 0.2) is 4.80 Å². The van der Waals surface area contributed by atoms with Crippen molar-refractivity contribution in [3.8, 4) is 17.2 Å². The molecule has 0 aliphatic heterocycles. The lowest BCUT2D eigenvalue weighted by atomic mass is 9.99. The van der Waals surface area contributed by atoms with Crippen LogP contribution in [-0.2, 0) is 22.5 Å². The Morgan fingerprint density at radius 2 is 1.71 bits per heavy atom. The summed E-state index contributed by atoms with van der Waals surface area (Å²) in [4.78, 5) is 29.8. The molecule has 0 radical (unpaired) electrons. The van der Waals surface area contributed by atoms with E-state index in [0.717, 1.165) is 22.4 Å². The third kappa shape index (κ3) is 5.81. The van der Waals surface area contributed by atoms with Crippen LogP contribution in [0.4, 0.5) is 0 Å². The van der Waals surface area contributed by atoms with E-state index in [1.165, 1.54) is 11.3 Å². The topological polar surface area (TPSA) is 84.4 Å². The van der Waals surface area contributed by atoms with Crippen LogP contribution in [0.15, 0.2) is 89.2 Å². The molecule has 7 heteroatoms. The van der Waals surface area contributed by atoms with E-state index >= 15 is 0 Å². The van der Waals surface area contributed by atoms with Gasteiger partial charge in [0.2, 0.25) is 0 Å². The highest BCUT2D eigenvalue weighted by Crippen LogP contribution is 2.24. The van der Waals surface area contributed by atoms with E-state index < -0.39 is 0 Å². The Bertz CT molecular complexity index is 1450. The lowest BCUT2D eigenvalue weighted by Gasteiger charge is -2.10. The standard InChI is InChI=1S/C28H23N3O3S/c1-2-34-26(32)16-24-19-35-28(30-27(33)22-8-4-3-5-9-22)31(24)18-20-12-14-21(15-13-20)25-11-7-6-10-23(25)17-29/h3-15,19H,2,16,18H2,1H3. The molecule has 4 aromatic rings. The number of ether oxygens (including phenoxy) is 1. The van der Waals surface area contributed by atoms with E-state index in [1.807, 2.05) is 58.5 Å². The lowest BCUT2D eigenvalue weighted by molar-refractivity contribution is -0.142. The van der Waals surface area contributed by atoms with Gasteiger partial charge in [0.05, 0.1) is 31.2 Å². The van der Waals surface area contributed by atoms with Crippen LogP contribution in [0.3, 0.4) is 0 Å². The summed E-state index contributed by atoms with van der Waals surface area (Å²) >= 11 is 1.32. The average molecular weight is 482 g/mol. The maximum atomic E-state index is 12.7. The zero-order valence-corrected chi connectivity index (χ0v) is 20.0. The first kappa shape index (κ1) is 23.9. The summed E-state index contributed by atoms with van der Waals surface area (Å²) in [7, 11) is 0. The van der Waals surface area contributed by atoms with Gasteiger partial charge in [0.1, 0.15) is 0 Å². The molecule has 0 spiro atoms. The molecular weight excluding hydrogens is 458 g/mol. The Morgan fingerprint density at radius 3 is 2.43 bits per heavy atom. The molecule has 4 rings (SSSR count). The minimum absolute atomic E-state index is 0.0903. The molecule has 1 aromatic heterocycles. The van der Waals surface area contributed by atoms with Gasteiger partial charge in [-0.15, -0.1) is 11.3 Å². The average Bonchev–Trinajstić information content (AvgIpc) is 3.25. The highest BCUT2D eigenvalue weighted by atomic mass is 32.1. The third-order valence-electron chi connectivity index (χ3n) is 5.38. The maximum absolute atomic E-state index is 12.7. The third-order valence-corrected chi connectivity index (χ3v) is 6.29. The number of nitrogens with zero attached hydrogens (tertiary/aromatic N) is 3. The van der Waals surface area contributed by atoms with Crippen molar-refractivity contribution in [3.63, 3.8) is 0 Å². The molecule has 0 bridgehead atoms. The number of benzene rings is 3. The summed E-state index contributed by atoms with van der Waals surface area (Å²) in [6.45, 7) is 2.50. The summed E-state index contributed by atoms with van der Waals surface area (Å²) in [5, 5.41) is 11.2. The highest BCUT2D eigenvalue weighted by molar-refractivity contribution is 7.07.